The summed E-state index contributed by atoms with van der Waals surface area (Å²) in [5.74, 6) is 0.628. The summed E-state index contributed by atoms with van der Waals surface area (Å²) in [4.78, 5) is 4.46. The van der Waals surface area contributed by atoms with E-state index in [9.17, 15) is 0 Å². The van der Waals surface area contributed by atoms with Crippen LogP contribution in [-0.2, 0) is 0 Å². The number of aromatic nitrogens is 2. The molecule has 0 saturated heterocycles. The fourth-order valence-corrected chi connectivity index (χ4v) is 3.33. The molecule has 0 amide bonds. The molecule has 19 heavy (non-hydrogen) atoms. The molecular formula is C15H20ClN3. The van der Waals surface area contributed by atoms with Crippen LogP contribution in [0.1, 0.15) is 51.0 Å². The van der Waals surface area contributed by atoms with Crippen molar-refractivity contribution in [3.8, 4) is 0 Å². The summed E-state index contributed by atoms with van der Waals surface area (Å²) in [5, 5.41) is 0.717. The van der Waals surface area contributed by atoms with Crippen molar-refractivity contribution in [3.63, 3.8) is 0 Å². The van der Waals surface area contributed by atoms with Gasteiger partial charge in [-0.05, 0) is 31.0 Å². The minimum absolute atomic E-state index is 0.492. The monoisotopic (exact) mass is 277 g/mol. The van der Waals surface area contributed by atoms with E-state index in [1.54, 1.807) is 0 Å². The summed E-state index contributed by atoms with van der Waals surface area (Å²) in [6, 6.07) is 6.35. The number of nitrogens with zero attached hydrogens (tertiary/aromatic N) is 2. The molecule has 1 saturated carbocycles. The van der Waals surface area contributed by atoms with Crippen molar-refractivity contribution in [3.05, 3.63) is 23.2 Å². The molecule has 102 valence electrons. The fourth-order valence-electron chi connectivity index (χ4n) is 3.17. The smallest absolute Gasteiger partial charge is 0.201 e. The second-order valence-electron chi connectivity index (χ2n) is 5.47. The van der Waals surface area contributed by atoms with Crippen LogP contribution in [0.4, 0.5) is 5.95 Å². The van der Waals surface area contributed by atoms with Gasteiger partial charge in [0, 0.05) is 11.1 Å². The normalized spacial score (nSPS) is 18.4. The average molecular weight is 278 g/mol. The van der Waals surface area contributed by atoms with Gasteiger partial charge >= 0.3 is 0 Å². The van der Waals surface area contributed by atoms with E-state index in [-0.39, 0.29) is 0 Å². The van der Waals surface area contributed by atoms with E-state index in [2.05, 4.69) is 9.55 Å². The third-order valence-corrected chi connectivity index (χ3v) is 4.35. The Labute approximate surface area is 118 Å². The van der Waals surface area contributed by atoms with Gasteiger partial charge in [-0.15, -0.1) is 0 Å². The molecule has 2 aromatic rings. The Hall–Kier alpha value is -1.22. The molecule has 2 N–H and O–H groups in total. The van der Waals surface area contributed by atoms with Gasteiger partial charge in [0.2, 0.25) is 5.95 Å². The Morgan fingerprint density at radius 1 is 1.11 bits per heavy atom. The largest absolute Gasteiger partial charge is 0.369 e. The van der Waals surface area contributed by atoms with Crippen LogP contribution in [0.25, 0.3) is 11.0 Å². The fraction of sp³-hybridized carbons (Fsp3) is 0.533. The van der Waals surface area contributed by atoms with Gasteiger partial charge in [0.25, 0.3) is 0 Å². The predicted octanol–water partition coefficient (Wildman–Crippen LogP) is 4.56. The first-order chi connectivity index (χ1) is 9.25. The van der Waals surface area contributed by atoms with Crippen molar-refractivity contribution >= 4 is 28.6 Å². The molecule has 0 bridgehead atoms. The molecule has 0 radical (unpaired) electrons. The topological polar surface area (TPSA) is 43.8 Å². The van der Waals surface area contributed by atoms with E-state index in [4.69, 9.17) is 17.3 Å². The van der Waals surface area contributed by atoms with E-state index in [0.29, 0.717) is 12.0 Å². The summed E-state index contributed by atoms with van der Waals surface area (Å²) in [7, 11) is 0. The van der Waals surface area contributed by atoms with Gasteiger partial charge < -0.3 is 10.3 Å². The Balaban J connectivity index is 2.00. The highest BCUT2D eigenvalue weighted by Gasteiger charge is 2.18. The number of fused-ring (bicyclic) bond motifs is 1. The number of nitrogens with two attached hydrogens (primary N) is 1. The lowest BCUT2D eigenvalue weighted by atomic mass is 9.96. The lowest BCUT2D eigenvalue weighted by Crippen LogP contribution is -2.13. The number of halogens is 1. The molecule has 1 aromatic carbocycles. The van der Waals surface area contributed by atoms with E-state index in [1.165, 1.54) is 44.9 Å². The number of benzene rings is 1. The van der Waals surface area contributed by atoms with Crippen LogP contribution in [0, 0.1) is 0 Å². The van der Waals surface area contributed by atoms with Crippen LogP contribution in [0.15, 0.2) is 18.2 Å². The maximum absolute atomic E-state index is 6.13. The van der Waals surface area contributed by atoms with Crippen molar-refractivity contribution in [1.82, 2.24) is 9.55 Å². The molecule has 0 unspecified atom stereocenters. The Morgan fingerprint density at radius 2 is 1.79 bits per heavy atom. The quantitative estimate of drug-likeness (QED) is 0.830. The molecular weight excluding hydrogens is 258 g/mol. The van der Waals surface area contributed by atoms with E-state index < -0.39 is 0 Å². The van der Waals surface area contributed by atoms with Crippen molar-refractivity contribution < 1.29 is 0 Å². The molecule has 0 atom stereocenters. The van der Waals surface area contributed by atoms with Crippen LogP contribution >= 0.6 is 11.6 Å². The van der Waals surface area contributed by atoms with Crippen LogP contribution in [0.2, 0.25) is 5.02 Å². The lowest BCUT2D eigenvalue weighted by Gasteiger charge is -2.22. The molecule has 1 aliphatic carbocycles. The molecule has 0 aliphatic heterocycles. The van der Waals surface area contributed by atoms with Crippen molar-refractivity contribution in [1.29, 1.82) is 0 Å². The first-order valence-electron chi connectivity index (χ1n) is 7.18. The number of nitrogen functional groups attached to an aromatic ring is 1. The molecule has 1 aliphatic rings. The minimum atomic E-state index is 0.492. The van der Waals surface area contributed by atoms with Gasteiger partial charge in [0.15, 0.2) is 0 Å². The number of rotatable bonds is 1. The molecule has 4 heteroatoms. The summed E-state index contributed by atoms with van der Waals surface area (Å²) in [6.07, 6.45) is 9.05. The Bertz CT molecular complexity index is 568. The van der Waals surface area contributed by atoms with E-state index in [1.807, 2.05) is 18.2 Å². The first-order valence-corrected chi connectivity index (χ1v) is 7.56. The van der Waals surface area contributed by atoms with Gasteiger partial charge in [-0.25, -0.2) is 4.98 Å². The van der Waals surface area contributed by atoms with Gasteiger partial charge in [-0.1, -0.05) is 43.7 Å². The highest BCUT2D eigenvalue weighted by molar-refractivity contribution is 6.31. The van der Waals surface area contributed by atoms with E-state index in [0.717, 1.165) is 16.1 Å². The predicted molar refractivity (Wildman–Crippen MR) is 80.5 cm³/mol. The lowest BCUT2D eigenvalue weighted by molar-refractivity contribution is 0.381. The molecule has 0 spiro atoms. The van der Waals surface area contributed by atoms with Crippen molar-refractivity contribution in [2.75, 3.05) is 5.73 Å². The molecule has 3 rings (SSSR count). The summed E-state index contributed by atoms with van der Waals surface area (Å²) in [5.41, 5.74) is 8.16. The van der Waals surface area contributed by atoms with Gasteiger partial charge in [-0.2, -0.15) is 0 Å². The van der Waals surface area contributed by atoms with Crippen LogP contribution < -0.4 is 5.73 Å². The van der Waals surface area contributed by atoms with E-state index >= 15 is 0 Å². The number of imidazole rings is 1. The first kappa shape index (κ1) is 12.8. The summed E-state index contributed by atoms with van der Waals surface area (Å²) in [6.45, 7) is 0. The van der Waals surface area contributed by atoms with Crippen molar-refractivity contribution in [2.45, 2.75) is 51.0 Å². The molecule has 1 fully saturated rings. The van der Waals surface area contributed by atoms with Crippen LogP contribution in [0.5, 0.6) is 0 Å². The maximum atomic E-state index is 6.13. The highest BCUT2D eigenvalue weighted by Crippen LogP contribution is 2.32. The van der Waals surface area contributed by atoms with Crippen molar-refractivity contribution in [2.24, 2.45) is 0 Å². The zero-order chi connectivity index (χ0) is 13.2. The maximum Gasteiger partial charge on any atom is 0.201 e. The SMILES string of the molecule is Nc1nc2cc(Cl)ccc2n1C1CCCCCCC1. The van der Waals surface area contributed by atoms with Gasteiger partial charge in [0.1, 0.15) is 0 Å². The zero-order valence-corrected chi connectivity index (χ0v) is 11.9. The van der Waals surface area contributed by atoms with Gasteiger partial charge in [0.05, 0.1) is 11.0 Å². The summed E-state index contributed by atoms with van der Waals surface area (Å²) < 4.78 is 2.22. The number of anilines is 1. The minimum Gasteiger partial charge on any atom is -0.369 e. The third kappa shape index (κ3) is 2.57. The highest BCUT2D eigenvalue weighted by atomic mass is 35.5. The molecule has 1 aromatic heterocycles. The Kier molecular flexibility index (Phi) is 3.65. The van der Waals surface area contributed by atoms with Gasteiger partial charge in [-0.3, -0.25) is 0 Å². The number of hydrogen-bond acceptors (Lipinski definition) is 2. The Morgan fingerprint density at radius 3 is 2.53 bits per heavy atom. The van der Waals surface area contributed by atoms with Crippen LogP contribution in [0.3, 0.4) is 0 Å². The zero-order valence-electron chi connectivity index (χ0n) is 11.1. The second-order valence-corrected chi connectivity index (χ2v) is 5.91. The average Bonchev–Trinajstić information content (AvgIpc) is 2.64. The third-order valence-electron chi connectivity index (χ3n) is 4.12. The molecule has 1 heterocycles. The number of hydrogen-bond donors (Lipinski definition) is 1. The summed E-state index contributed by atoms with van der Waals surface area (Å²) >= 11 is 6.02. The molecule has 3 nitrogen and oxygen atoms in total. The standard InChI is InChI=1S/C15H20ClN3/c16-11-8-9-14-13(10-11)18-15(17)19(14)12-6-4-2-1-3-5-7-12/h8-10,12H,1-7H2,(H2,17,18). The van der Waals surface area contributed by atoms with Crippen LogP contribution in [-0.4, -0.2) is 9.55 Å². The second kappa shape index (κ2) is 5.41.